The van der Waals surface area contributed by atoms with Crippen molar-refractivity contribution in [1.29, 1.82) is 0 Å². The Labute approximate surface area is 115 Å². The van der Waals surface area contributed by atoms with E-state index in [1.165, 1.54) is 5.56 Å². The van der Waals surface area contributed by atoms with E-state index in [2.05, 4.69) is 22.5 Å². The Morgan fingerprint density at radius 1 is 1.21 bits per heavy atom. The van der Waals surface area contributed by atoms with Gasteiger partial charge in [0.15, 0.2) is 0 Å². The molecule has 0 aliphatic heterocycles. The van der Waals surface area contributed by atoms with Crippen LogP contribution < -0.4 is 16.0 Å². The minimum atomic E-state index is -0.240. The molecule has 0 fully saturated rings. The van der Waals surface area contributed by atoms with Gasteiger partial charge in [0, 0.05) is 16.9 Å². The molecular formula is C15H23N3O. The Kier molecular flexibility index (Phi) is 4.98. The maximum absolute atomic E-state index is 11.6. The van der Waals surface area contributed by atoms with Crippen LogP contribution >= 0.6 is 0 Å². The Morgan fingerprint density at radius 3 is 2.32 bits per heavy atom. The molecule has 4 heteroatoms. The van der Waals surface area contributed by atoms with Gasteiger partial charge < -0.3 is 16.0 Å². The highest BCUT2D eigenvalue weighted by molar-refractivity contribution is 5.75. The van der Waals surface area contributed by atoms with Crippen LogP contribution in [-0.4, -0.2) is 18.1 Å². The van der Waals surface area contributed by atoms with Crippen LogP contribution in [0, 0.1) is 6.92 Å². The Hall–Kier alpha value is -1.97. The van der Waals surface area contributed by atoms with Crippen LogP contribution in [-0.2, 0) is 0 Å². The zero-order valence-corrected chi connectivity index (χ0v) is 12.1. The van der Waals surface area contributed by atoms with Crippen molar-refractivity contribution in [3.05, 3.63) is 42.1 Å². The average Bonchev–Trinajstić information content (AvgIpc) is 2.27. The molecule has 2 amide bonds. The molecule has 1 aromatic carbocycles. The van der Waals surface area contributed by atoms with Gasteiger partial charge in [-0.1, -0.05) is 24.3 Å². The van der Waals surface area contributed by atoms with E-state index in [4.69, 9.17) is 0 Å². The van der Waals surface area contributed by atoms with E-state index in [-0.39, 0.29) is 11.6 Å². The summed E-state index contributed by atoms with van der Waals surface area (Å²) in [4.78, 5) is 11.6. The topological polar surface area (TPSA) is 53.2 Å². The average molecular weight is 261 g/mol. The summed E-state index contributed by atoms with van der Waals surface area (Å²) in [6, 6.07) is 7.82. The number of hydrogen-bond donors (Lipinski definition) is 3. The monoisotopic (exact) mass is 261 g/mol. The Balaban J connectivity index is 2.36. The highest BCUT2D eigenvalue weighted by Gasteiger charge is 2.12. The van der Waals surface area contributed by atoms with Gasteiger partial charge in [0.1, 0.15) is 0 Å². The Morgan fingerprint density at radius 2 is 1.79 bits per heavy atom. The fraction of sp³-hybridized carbons (Fsp3) is 0.400. The third-order valence-electron chi connectivity index (χ3n) is 2.32. The van der Waals surface area contributed by atoms with E-state index in [1.807, 2.05) is 52.0 Å². The number of urea groups is 1. The molecule has 104 valence electrons. The van der Waals surface area contributed by atoms with Crippen molar-refractivity contribution in [1.82, 2.24) is 10.6 Å². The lowest BCUT2D eigenvalue weighted by Gasteiger charge is -2.21. The number of aryl methyl sites for hydroxylation is 1. The number of amides is 2. The van der Waals surface area contributed by atoms with Gasteiger partial charge in [-0.2, -0.15) is 0 Å². The van der Waals surface area contributed by atoms with Crippen molar-refractivity contribution in [2.75, 3.05) is 11.9 Å². The molecule has 0 radical (unpaired) electrons. The lowest BCUT2D eigenvalue weighted by atomic mass is 10.1. The van der Waals surface area contributed by atoms with Crippen LogP contribution in [0.15, 0.2) is 36.5 Å². The van der Waals surface area contributed by atoms with Crippen molar-refractivity contribution in [3.63, 3.8) is 0 Å². The summed E-state index contributed by atoms with van der Waals surface area (Å²) in [7, 11) is 0. The predicted molar refractivity (Wildman–Crippen MR) is 80.2 cm³/mol. The van der Waals surface area contributed by atoms with Crippen LogP contribution in [0.3, 0.4) is 0 Å². The van der Waals surface area contributed by atoms with Crippen LogP contribution in [0.25, 0.3) is 0 Å². The standard InChI is InChI=1S/C15H23N3O/c1-11-6-8-13(9-7-11)17-12(2)10-16-14(19)18-15(3,4)5/h6-9,17H,2,10H2,1,3-5H3,(H2,16,18,19). The van der Waals surface area contributed by atoms with Crippen molar-refractivity contribution >= 4 is 11.7 Å². The molecule has 0 saturated carbocycles. The molecule has 0 saturated heterocycles. The van der Waals surface area contributed by atoms with Crippen molar-refractivity contribution in [3.8, 4) is 0 Å². The maximum atomic E-state index is 11.6. The summed E-state index contributed by atoms with van der Waals surface area (Å²) < 4.78 is 0. The number of hydrogen-bond acceptors (Lipinski definition) is 2. The molecule has 0 spiro atoms. The highest BCUT2D eigenvalue weighted by Crippen LogP contribution is 2.10. The summed E-state index contributed by atoms with van der Waals surface area (Å²) >= 11 is 0. The summed E-state index contributed by atoms with van der Waals surface area (Å²) in [5.74, 6) is 0. The minimum Gasteiger partial charge on any atom is -0.358 e. The molecule has 3 N–H and O–H groups in total. The molecule has 0 aromatic heterocycles. The van der Waals surface area contributed by atoms with Gasteiger partial charge in [-0.05, 0) is 39.8 Å². The fourth-order valence-electron chi connectivity index (χ4n) is 1.46. The van der Waals surface area contributed by atoms with E-state index in [0.717, 1.165) is 11.4 Å². The van der Waals surface area contributed by atoms with Gasteiger partial charge in [-0.15, -0.1) is 0 Å². The van der Waals surface area contributed by atoms with Gasteiger partial charge in [0.05, 0.1) is 6.54 Å². The molecule has 0 aliphatic rings. The third-order valence-corrected chi connectivity index (χ3v) is 2.32. The van der Waals surface area contributed by atoms with Gasteiger partial charge in [-0.25, -0.2) is 4.79 Å². The quantitative estimate of drug-likeness (QED) is 0.780. The van der Waals surface area contributed by atoms with Crippen molar-refractivity contribution in [2.45, 2.75) is 33.2 Å². The highest BCUT2D eigenvalue weighted by atomic mass is 16.2. The molecular weight excluding hydrogens is 238 g/mol. The second-order valence-electron chi connectivity index (χ2n) is 5.65. The molecule has 0 heterocycles. The van der Waals surface area contributed by atoms with E-state index in [1.54, 1.807) is 0 Å². The maximum Gasteiger partial charge on any atom is 0.315 e. The molecule has 4 nitrogen and oxygen atoms in total. The van der Waals surface area contributed by atoms with Crippen LogP contribution in [0.2, 0.25) is 0 Å². The lowest BCUT2D eigenvalue weighted by molar-refractivity contribution is 0.233. The zero-order valence-electron chi connectivity index (χ0n) is 12.1. The van der Waals surface area contributed by atoms with Crippen LogP contribution in [0.4, 0.5) is 10.5 Å². The van der Waals surface area contributed by atoms with E-state index >= 15 is 0 Å². The van der Waals surface area contributed by atoms with Crippen molar-refractivity contribution < 1.29 is 4.79 Å². The van der Waals surface area contributed by atoms with E-state index < -0.39 is 0 Å². The molecule has 0 bridgehead atoms. The normalized spacial score (nSPS) is 10.7. The summed E-state index contributed by atoms with van der Waals surface area (Å²) in [6.07, 6.45) is 0. The first-order valence-corrected chi connectivity index (χ1v) is 6.34. The van der Waals surface area contributed by atoms with Crippen LogP contribution in [0.1, 0.15) is 26.3 Å². The first kappa shape index (κ1) is 15.1. The molecule has 0 atom stereocenters. The van der Waals surface area contributed by atoms with Gasteiger partial charge in [-0.3, -0.25) is 0 Å². The minimum absolute atomic E-state index is 0.195. The number of nitrogens with one attached hydrogen (secondary N) is 3. The summed E-state index contributed by atoms with van der Waals surface area (Å²) in [5.41, 5.74) is 2.68. The van der Waals surface area contributed by atoms with E-state index in [9.17, 15) is 4.79 Å². The van der Waals surface area contributed by atoms with Gasteiger partial charge >= 0.3 is 6.03 Å². The Bertz CT molecular complexity index is 443. The SMILES string of the molecule is C=C(CNC(=O)NC(C)(C)C)Nc1ccc(C)cc1. The largest absolute Gasteiger partial charge is 0.358 e. The molecule has 0 aliphatic carbocycles. The van der Waals surface area contributed by atoms with Gasteiger partial charge in [0.25, 0.3) is 0 Å². The molecule has 1 aromatic rings. The zero-order chi connectivity index (χ0) is 14.5. The first-order valence-electron chi connectivity index (χ1n) is 6.34. The predicted octanol–water partition coefficient (Wildman–Crippen LogP) is 3.02. The summed E-state index contributed by atoms with van der Waals surface area (Å²) in [5, 5.41) is 8.74. The number of anilines is 1. The van der Waals surface area contributed by atoms with E-state index in [0.29, 0.717) is 6.54 Å². The fourth-order valence-corrected chi connectivity index (χ4v) is 1.46. The number of rotatable bonds is 4. The van der Waals surface area contributed by atoms with Gasteiger partial charge in [0.2, 0.25) is 0 Å². The second kappa shape index (κ2) is 6.27. The lowest BCUT2D eigenvalue weighted by Crippen LogP contribution is -2.47. The number of carbonyl (C=O) groups excluding carboxylic acids is 1. The van der Waals surface area contributed by atoms with Crippen LogP contribution in [0.5, 0.6) is 0 Å². The smallest absolute Gasteiger partial charge is 0.315 e. The second-order valence-corrected chi connectivity index (χ2v) is 5.65. The molecule has 1 rings (SSSR count). The van der Waals surface area contributed by atoms with Crippen molar-refractivity contribution in [2.24, 2.45) is 0 Å². The number of carbonyl (C=O) groups is 1. The first-order chi connectivity index (χ1) is 8.76. The number of benzene rings is 1. The molecule has 0 unspecified atom stereocenters. The summed E-state index contributed by atoms with van der Waals surface area (Å²) in [6.45, 7) is 12.1. The molecule has 19 heavy (non-hydrogen) atoms. The third kappa shape index (κ3) is 6.50.